The van der Waals surface area contributed by atoms with Crippen LogP contribution in [0.3, 0.4) is 0 Å². The summed E-state index contributed by atoms with van der Waals surface area (Å²) in [6, 6.07) is 12.9. The molecule has 0 unspecified atom stereocenters. The Balaban J connectivity index is 1.99. The van der Waals surface area contributed by atoms with Gasteiger partial charge in [-0.3, -0.25) is 15.1 Å². The van der Waals surface area contributed by atoms with Crippen LogP contribution in [0.25, 0.3) is 10.9 Å². The van der Waals surface area contributed by atoms with Crippen LogP contribution in [0.15, 0.2) is 48.7 Å². The van der Waals surface area contributed by atoms with E-state index in [-0.39, 0.29) is 5.69 Å². The molecule has 0 aliphatic carbocycles. The first-order chi connectivity index (χ1) is 9.24. The third kappa shape index (κ3) is 2.18. The first-order valence-electron chi connectivity index (χ1n) is 5.89. The predicted octanol–water partition coefficient (Wildman–Crippen LogP) is 3.06. The van der Waals surface area contributed by atoms with Crippen molar-refractivity contribution in [1.29, 1.82) is 0 Å². The lowest BCUT2D eigenvalue weighted by Gasteiger charge is -1.99. The maximum Gasteiger partial charge on any atom is 0.291 e. The number of pyridine rings is 1. The Bertz CT molecular complexity index is 716. The normalized spacial score (nSPS) is 10.7. The number of hydrogen-bond acceptors (Lipinski definition) is 3. The second-order valence-corrected chi connectivity index (χ2v) is 4.28. The summed E-state index contributed by atoms with van der Waals surface area (Å²) in [5.74, 6) is 0. The number of rotatable bonds is 3. The molecule has 0 spiro atoms. The minimum absolute atomic E-state index is 0.0566. The number of benzene rings is 1. The molecule has 5 heteroatoms. The van der Waals surface area contributed by atoms with Crippen molar-refractivity contribution in [2.45, 2.75) is 6.42 Å². The van der Waals surface area contributed by atoms with Crippen LogP contribution < -0.4 is 0 Å². The Labute approximate surface area is 109 Å². The number of hydrogen-bond donors (Lipinski definition) is 1. The van der Waals surface area contributed by atoms with Crippen LogP contribution in [0.1, 0.15) is 11.4 Å². The van der Waals surface area contributed by atoms with Crippen LogP contribution in [0.2, 0.25) is 0 Å². The van der Waals surface area contributed by atoms with Gasteiger partial charge in [0.2, 0.25) is 0 Å². The SMILES string of the molecule is O=[N+]([O-])c1cccnc1Cc1cc2ccccc2[nH]1. The summed E-state index contributed by atoms with van der Waals surface area (Å²) in [4.78, 5) is 17.9. The summed E-state index contributed by atoms with van der Waals surface area (Å²) >= 11 is 0. The number of aromatic amines is 1. The molecular weight excluding hydrogens is 242 g/mol. The van der Waals surface area contributed by atoms with Crippen LogP contribution in [0.4, 0.5) is 5.69 Å². The lowest BCUT2D eigenvalue weighted by molar-refractivity contribution is -0.385. The zero-order valence-corrected chi connectivity index (χ0v) is 10.0. The van der Waals surface area contributed by atoms with Crippen molar-refractivity contribution in [2.75, 3.05) is 0 Å². The van der Waals surface area contributed by atoms with Gasteiger partial charge in [-0.2, -0.15) is 0 Å². The number of nitrogens with one attached hydrogen (secondary N) is 1. The first-order valence-corrected chi connectivity index (χ1v) is 5.89. The van der Waals surface area contributed by atoms with E-state index in [4.69, 9.17) is 0 Å². The average molecular weight is 253 g/mol. The third-order valence-corrected chi connectivity index (χ3v) is 3.01. The quantitative estimate of drug-likeness (QED) is 0.576. The van der Waals surface area contributed by atoms with Crippen LogP contribution in [0, 0.1) is 10.1 Å². The Morgan fingerprint density at radius 3 is 2.84 bits per heavy atom. The highest BCUT2D eigenvalue weighted by atomic mass is 16.6. The van der Waals surface area contributed by atoms with Gasteiger partial charge < -0.3 is 4.98 Å². The number of nitrogens with zero attached hydrogens (tertiary/aromatic N) is 2. The van der Waals surface area contributed by atoms with Crippen LogP contribution in [-0.2, 0) is 6.42 Å². The van der Waals surface area contributed by atoms with Gasteiger partial charge in [-0.25, -0.2) is 0 Å². The fourth-order valence-corrected chi connectivity index (χ4v) is 2.14. The Kier molecular flexibility index (Phi) is 2.72. The molecule has 1 N–H and O–H groups in total. The molecule has 0 atom stereocenters. The van der Waals surface area contributed by atoms with Crippen molar-refractivity contribution in [3.8, 4) is 0 Å². The number of fused-ring (bicyclic) bond motifs is 1. The molecule has 94 valence electrons. The summed E-state index contributed by atoms with van der Waals surface area (Å²) < 4.78 is 0. The molecule has 0 bridgehead atoms. The molecule has 2 aromatic heterocycles. The van der Waals surface area contributed by atoms with E-state index in [0.717, 1.165) is 16.6 Å². The summed E-state index contributed by atoms with van der Waals surface area (Å²) in [6.07, 6.45) is 2.00. The number of aromatic nitrogens is 2. The summed E-state index contributed by atoms with van der Waals surface area (Å²) in [7, 11) is 0. The zero-order valence-electron chi connectivity index (χ0n) is 10.0. The average Bonchev–Trinajstić information content (AvgIpc) is 2.81. The second-order valence-electron chi connectivity index (χ2n) is 4.28. The van der Waals surface area contributed by atoms with E-state index in [2.05, 4.69) is 9.97 Å². The standard InChI is InChI=1S/C14H11N3O2/c18-17(19)14-6-3-7-15-13(14)9-11-8-10-4-1-2-5-12(10)16-11/h1-8,16H,9H2. The molecule has 3 rings (SSSR count). The number of H-pyrrole nitrogens is 1. The van der Waals surface area contributed by atoms with Crippen molar-refractivity contribution >= 4 is 16.6 Å². The Morgan fingerprint density at radius 1 is 1.21 bits per heavy atom. The van der Waals surface area contributed by atoms with Gasteiger partial charge in [-0.15, -0.1) is 0 Å². The van der Waals surface area contributed by atoms with Gasteiger partial charge in [-0.1, -0.05) is 18.2 Å². The molecule has 0 fully saturated rings. The Morgan fingerprint density at radius 2 is 2.05 bits per heavy atom. The van der Waals surface area contributed by atoms with E-state index in [0.29, 0.717) is 12.1 Å². The van der Waals surface area contributed by atoms with E-state index < -0.39 is 4.92 Å². The fourth-order valence-electron chi connectivity index (χ4n) is 2.14. The molecule has 3 aromatic rings. The van der Waals surface area contributed by atoms with Gasteiger partial charge in [0.1, 0.15) is 5.69 Å². The van der Waals surface area contributed by atoms with E-state index in [1.165, 1.54) is 6.07 Å². The van der Waals surface area contributed by atoms with E-state index in [1.807, 2.05) is 30.3 Å². The highest BCUT2D eigenvalue weighted by molar-refractivity contribution is 5.80. The molecule has 0 radical (unpaired) electrons. The van der Waals surface area contributed by atoms with Gasteiger partial charge in [0.15, 0.2) is 0 Å². The van der Waals surface area contributed by atoms with Crippen LogP contribution in [0.5, 0.6) is 0 Å². The Hall–Kier alpha value is -2.69. The third-order valence-electron chi connectivity index (χ3n) is 3.01. The van der Waals surface area contributed by atoms with Crippen molar-refractivity contribution < 1.29 is 4.92 Å². The van der Waals surface area contributed by atoms with Crippen molar-refractivity contribution in [3.63, 3.8) is 0 Å². The molecule has 1 aromatic carbocycles. The minimum atomic E-state index is -0.398. The monoisotopic (exact) mass is 253 g/mol. The van der Waals surface area contributed by atoms with Gasteiger partial charge in [-0.05, 0) is 23.6 Å². The molecule has 5 nitrogen and oxygen atoms in total. The van der Waals surface area contributed by atoms with E-state index in [9.17, 15) is 10.1 Å². The number of para-hydroxylation sites is 1. The van der Waals surface area contributed by atoms with Crippen molar-refractivity contribution in [1.82, 2.24) is 9.97 Å². The molecule has 2 heterocycles. The summed E-state index contributed by atoms with van der Waals surface area (Å²) in [5, 5.41) is 12.0. The molecule has 0 aliphatic heterocycles. The molecule has 19 heavy (non-hydrogen) atoms. The molecular formula is C14H11N3O2. The highest BCUT2D eigenvalue weighted by Crippen LogP contribution is 2.21. The van der Waals surface area contributed by atoms with Gasteiger partial charge in [0.25, 0.3) is 5.69 Å². The lowest BCUT2D eigenvalue weighted by atomic mass is 10.2. The highest BCUT2D eigenvalue weighted by Gasteiger charge is 2.15. The molecule has 0 saturated carbocycles. The largest absolute Gasteiger partial charge is 0.358 e. The maximum absolute atomic E-state index is 10.9. The van der Waals surface area contributed by atoms with E-state index >= 15 is 0 Å². The number of nitro groups is 1. The van der Waals surface area contributed by atoms with Crippen molar-refractivity contribution in [3.05, 3.63) is 70.2 Å². The smallest absolute Gasteiger partial charge is 0.291 e. The fraction of sp³-hybridized carbons (Fsp3) is 0.0714. The first kappa shape index (κ1) is 11.4. The van der Waals surface area contributed by atoms with Gasteiger partial charge in [0, 0.05) is 29.9 Å². The molecule has 0 amide bonds. The topological polar surface area (TPSA) is 71.8 Å². The minimum Gasteiger partial charge on any atom is -0.358 e. The summed E-state index contributed by atoms with van der Waals surface area (Å²) in [5.41, 5.74) is 2.47. The molecule has 0 saturated heterocycles. The van der Waals surface area contributed by atoms with Crippen LogP contribution >= 0.6 is 0 Å². The van der Waals surface area contributed by atoms with Crippen molar-refractivity contribution in [2.24, 2.45) is 0 Å². The zero-order chi connectivity index (χ0) is 13.2. The van der Waals surface area contributed by atoms with Gasteiger partial charge >= 0.3 is 0 Å². The maximum atomic E-state index is 10.9. The van der Waals surface area contributed by atoms with Gasteiger partial charge in [0.05, 0.1) is 4.92 Å². The lowest BCUT2D eigenvalue weighted by Crippen LogP contribution is -1.99. The second kappa shape index (κ2) is 4.53. The molecule has 0 aliphatic rings. The summed E-state index contributed by atoms with van der Waals surface area (Å²) in [6.45, 7) is 0. The van der Waals surface area contributed by atoms with Crippen LogP contribution in [-0.4, -0.2) is 14.9 Å². The van der Waals surface area contributed by atoms with E-state index in [1.54, 1.807) is 12.3 Å². The predicted molar refractivity (Wildman–Crippen MR) is 72.0 cm³/mol.